The maximum atomic E-state index is 12.6. The van der Waals surface area contributed by atoms with Crippen LogP contribution in [0.25, 0.3) is 0 Å². The minimum Gasteiger partial charge on any atom is -0.496 e. The number of ether oxygens (including phenoxy) is 1. The number of aryl methyl sites for hydroxylation is 2. The standard InChI is InChI=1S/C23H30O4S/c1-17(2)7-6-8-21(20-12-11-19(4)23(15-20)26-5)16-27-28(24,25)22-13-9-18(3)10-14-22/h7,9-15,21H,6,8,16H2,1-5H3. The summed E-state index contributed by atoms with van der Waals surface area (Å²) >= 11 is 0. The fourth-order valence-corrected chi connectivity index (χ4v) is 3.90. The van der Waals surface area contributed by atoms with Crippen LogP contribution in [0, 0.1) is 13.8 Å². The minimum absolute atomic E-state index is 0.0506. The molecule has 28 heavy (non-hydrogen) atoms. The highest BCUT2D eigenvalue weighted by Gasteiger charge is 2.20. The molecule has 2 rings (SSSR count). The van der Waals surface area contributed by atoms with Crippen LogP contribution in [0.15, 0.2) is 59.0 Å². The van der Waals surface area contributed by atoms with Gasteiger partial charge < -0.3 is 4.74 Å². The summed E-state index contributed by atoms with van der Waals surface area (Å²) in [7, 11) is -2.15. The van der Waals surface area contributed by atoms with Crippen LogP contribution in [0.4, 0.5) is 0 Å². The summed E-state index contributed by atoms with van der Waals surface area (Å²) < 4.78 is 36.0. The van der Waals surface area contributed by atoms with Crippen LogP contribution in [-0.4, -0.2) is 22.1 Å². The van der Waals surface area contributed by atoms with Crippen LogP contribution in [0.5, 0.6) is 5.75 Å². The molecule has 4 nitrogen and oxygen atoms in total. The van der Waals surface area contributed by atoms with Gasteiger partial charge in [0.15, 0.2) is 0 Å². The Morgan fingerprint density at radius 2 is 1.75 bits per heavy atom. The Bertz CT molecular complexity index is 908. The third kappa shape index (κ3) is 6.21. The lowest BCUT2D eigenvalue weighted by Gasteiger charge is -2.18. The molecule has 0 spiro atoms. The smallest absolute Gasteiger partial charge is 0.296 e. The van der Waals surface area contributed by atoms with Crippen molar-refractivity contribution in [2.75, 3.05) is 13.7 Å². The van der Waals surface area contributed by atoms with Crippen molar-refractivity contribution < 1.29 is 17.3 Å². The predicted molar refractivity (Wildman–Crippen MR) is 113 cm³/mol. The topological polar surface area (TPSA) is 52.6 Å². The van der Waals surface area contributed by atoms with Gasteiger partial charge in [-0.25, -0.2) is 0 Å². The summed E-state index contributed by atoms with van der Waals surface area (Å²) in [6, 6.07) is 12.7. The van der Waals surface area contributed by atoms with E-state index in [-0.39, 0.29) is 17.4 Å². The van der Waals surface area contributed by atoms with E-state index in [1.54, 1.807) is 31.4 Å². The van der Waals surface area contributed by atoms with E-state index in [1.165, 1.54) is 5.57 Å². The summed E-state index contributed by atoms with van der Waals surface area (Å²) in [5.41, 5.74) is 4.31. The van der Waals surface area contributed by atoms with Gasteiger partial charge in [-0.3, -0.25) is 4.18 Å². The molecule has 0 bridgehead atoms. The molecular weight excluding hydrogens is 372 g/mol. The normalized spacial score (nSPS) is 12.5. The van der Waals surface area contributed by atoms with Gasteiger partial charge in [0.25, 0.3) is 10.1 Å². The molecular formula is C23H30O4S. The lowest BCUT2D eigenvalue weighted by molar-refractivity contribution is 0.285. The Balaban J connectivity index is 2.21. The maximum absolute atomic E-state index is 12.6. The molecule has 0 aliphatic rings. The minimum atomic E-state index is -3.79. The van der Waals surface area contributed by atoms with Crippen molar-refractivity contribution in [3.63, 3.8) is 0 Å². The summed E-state index contributed by atoms with van der Waals surface area (Å²) in [5.74, 6) is 0.747. The van der Waals surface area contributed by atoms with Gasteiger partial charge >= 0.3 is 0 Å². The zero-order valence-electron chi connectivity index (χ0n) is 17.4. The summed E-state index contributed by atoms with van der Waals surface area (Å²) in [6.07, 6.45) is 3.81. The second-order valence-corrected chi connectivity index (χ2v) is 8.95. The second kappa shape index (κ2) is 9.89. The van der Waals surface area contributed by atoms with Gasteiger partial charge in [0, 0.05) is 5.92 Å². The molecule has 152 valence electrons. The van der Waals surface area contributed by atoms with Crippen molar-refractivity contribution in [2.45, 2.75) is 51.3 Å². The van der Waals surface area contributed by atoms with Gasteiger partial charge in [0.05, 0.1) is 18.6 Å². The molecule has 2 aromatic carbocycles. The molecule has 0 N–H and O–H groups in total. The molecule has 0 radical (unpaired) electrons. The van der Waals surface area contributed by atoms with Crippen molar-refractivity contribution in [2.24, 2.45) is 0 Å². The average Bonchev–Trinajstić information content (AvgIpc) is 2.65. The Morgan fingerprint density at radius 3 is 2.36 bits per heavy atom. The van der Waals surface area contributed by atoms with E-state index in [4.69, 9.17) is 8.92 Å². The Labute approximate surface area is 169 Å². The molecule has 0 saturated carbocycles. The lowest BCUT2D eigenvalue weighted by Crippen LogP contribution is -2.14. The summed E-state index contributed by atoms with van der Waals surface area (Å²) in [5, 5.41) is 0. The van der Waals surface area contributed by atoms with Gasteiger partial charge in [-0.05, 0) is 69.9 Å². The summed E-state index contributed by atoms with van der Waals surface area (Å²) in [4.78, 5) is 0.183. The zero-order chi connectivity index (χ0) is 20.7. The third-order valence-corrected chi connectivity index (χ3v) is 6.00. The van der Waals surface area contributed by atoms with Crippen LogP contribution in [0.2, 0.25) is 0 Å². The molecule has 0 aromatic heterocycles. The van der Waals surface area contributed by atoms with Crippen molar-refractivity contribution >= 4 is 10.1 Å². The first-order valence-electron chi connectivity index (χ1n) is 9.47. The maximum Gasteiger partial charge on any atom is 0.296 e. The Hall–Kier alpha value is -2.11. The second-order valence-electron chi connectivity index (χ2n) is 7.34. The van der Waals surface area contributed by atoms with E-state index in [1.807, 2.05) is 32.0 Å². The molecule has 0 aliphatic heterocycles. The molecule has 1 unspecified atom stereocenters. The van der Waals surface area contributed by atoms with Gasteiger partial charge in [-0.15, -0.1) is 0 Å². The van der Waals surface area contributed by atoms with Crippen molar-refractivity contribution in [1.82, 2.24) is 0 Å². The molecule has 0 aliphatic carbocycles. The Kier molecular flexibility index (Phi) is 7.84. The van der Waals surface area contributed by atoms with Crippen LogP contribution in [0.3, 0.4) is 0 Å². The molecule has 2 aromatic rings. The van der Waals surface area contributed by atoms with E-state index in [9.17, 15) is 8.42 Å². The first-order valence-corrected chi connectivity index (χ1v) is 10.9. The third-order valence-electron chi connectivity index (χ3n) is 4.71. The quantitative estimate of drug-likeness (QED) is 0.408. The van der Waals surface area contributed by atoms with Gasteiger partial charge in [-0.1, -0.05) is 41.5 Å². The van der Waals surface area contributed by atoms with Crippen molar-refractivity contribution in [3.8, 4) is 5.75 Å². The predicted octanol–water partition coefficient (Wildman–Crippen LogP) is 5.55. The molecule has 0 heterocycles. The van der Waals surface area contributed by atoms with Crippen LogP contribution in [0.1, 0.15) is 49.3 Å². The van der Waals surface area contributed by atoms with Crippen LogP contribution < -0.4 is 4.74 Å². The van der Waals surface area contributed by atoms with Crippen LogP contribution in [-0.2, 0) is 14.3 Å². The number of allylic oxidation sites excluding steroid dienone is 2. The van der Waals surface area contributed by atoms with E-state index < -0.39 is 10.1 Å². The summed E-state index contributed by atoms with van der Waals surface area (Å²) in [6.45, 7) is 8.12. The van der Waals surface area contributed by atoms with E-state index in [0.717, 1.165) is 35.3 Å². The van der Waals surface area contributed by atoms with E-state index >= 15 is 0 Å². The highest BCUT2D eigenvalue weighted by molar-refractivity contribution is 7.86. The zero-order valence-corrected chi connectivity index (χ0v) is 18.2. The van der Waals surface area contributed by atoms with E-state index in [2.05, 4.69) is 19.9 Å². The fourth-order valence-electron chi connectivity index (χ4n) is 2.95. The lowest BCUT2D eigenvalue weighted by atomic mass is 9.93. The number of benzene rings is 2. The van der Waals surface area contributed by atoms with Crippen molar-refractivity contribution in [3.05, 3.63) is 70.8 Å². The van der Waals surface area contributed by atoms with Gasteiger partial charge in [0.2, 0.25) is 0 Å². The largest absolute Gasteiger partial charge is 0.496 e. The Morgan fingerprint density at radius 1 is 1.07 bits per heavy atom. The number of hydrogen-bond donors (Lipinski definition) is 0. The SMILES string of the molecule is COc1cc(C(CCC=C(C)C)COS(=O)(=O)c2ccc(C)cc2)ccc1C. The molecule has 0 amide bonds. The molecule has 0 fully saturated rings. The highest BCUT2D eigenvalue weighted by Crippen LogP contribution is 2.29. The first-order chi connectivity index (χ1) is 13.2. The van der Waals surface area contributed by atoms with E-state index in [0.29, 0.717) is 0 Å². The van der Waals surface area contributed by atoms with Gasteiger partial charge in [-0.2, -0.15) is 8.42 Å². The molecule has 0 saturated heterocycles. The number of rotatable bonds is 9. The monoisotopic (exact) mass is 402 g/mol. The first kappa shape index (κ1) is 22.2. The number of methoxy groups -OCH3 is 1. The fraction of sp³-hybridized carbons (Fsp3) is 0.391. The van der Waals surface area contributed by atoms with Crippen molar-refractivity contribution in [1.29, 1.82) is 0 Å². The van der Waals surface area contributed by atoms with Gasteiger partial charge in [0.1, 0.15) is 5.75 Å². The molecule has 1 atom stereocenters. The molecule has 5 heteroatoms. The van der Waals surface area contributed by atoms with Crippen LogP contribution >= 0.6 is 0 Å². The average molecular weight is 403 g/mol. The number of hydrogen-bond acceptors (Lipinski definition) is 4. The highest BCUT2D eigenvalue weighted by atomic mass is 32.2.